The van der Waals surface area contributed by atoms with Crippen LogP contribution in [-0.4, -0.2) is 164 Å². The fourth-order valence-corrected chi connectivity index (χ4v) is 12.2. The van der Waals surface area contributed by atoms with Gasteiger partial charge in [0, 0.05) is 53.1 Å². The highest BCUT2D eigenvalue weighted by Crippen LogP contribution is 2.27. The fraction of sp³-hybridized carbons (Fsp3) is 0.256. The molecule has 28 heteroatoms. The number of carbonyl (C=O) groups excluding carboxylic acids is 11. The van der Waals surface area contributed by atoms with E-state index < -0.39 is 58.5 Å². The molecule has 0 radical (unpaired) electrons. The molecule has 0 unspecified atom stereocenters. The summed E-state index contributed by atoms with van der Waals surface area (Å²) < 4.78 is 35.2. The van der Waals surface area contributed by atoms with Crippen LogP contribution in [0.15, 0.2) is 241 Å². The normalized spacial score (nSPS) is 17.6. The Morgan fingerprint density at radius 3 is 1.07 bits per heavy atom. The zero-order valence-corrected chi connectivity index (χ0v) is 66.5. The number of phenols is 1. The van der Waals surface area contributed by atoms with E-state index in [9.17, 15) is 68.0 Å². The minimum Gasteiger partial charge on any atom is -0.508 e. The maximum atomic E-state index is 12.4. The van der Waals surface area contributed by atoms with Gasteiger partial charge in [0.05, 0.1) is 53.1 Å². The average Bonchev–Trinajstić information content (AvgIpc) is 1.71. The van der Waals surface area contributed by atoms with Gasteiger partial charge in [-0.2, -0.15) is 0 Å². The summed E-state index contributed by atoms with van der Waals surface area (Å²) in [7, 11) is 0. The summed E-state index contributed by atoms with van der Waals surface area (Å²) >= 11 is 5.83. The Labute approximate surface area is 686 Å². The number of non-ortho nitro benzene ring substituents is 1. The lowest BCUT2D eigenvalue weighted by Crippen LogP contribution is -2.40. The number of hydrogen-bond acceptors (Lipinski definition) is 21. The molecule has 5 aliphatic rings. The molecule has 8 aromatic rings. The maximum Gasteiger partial charge on any atom is 0.417 e. The van der Waals surface area contributed by atoms with Crippen LogP contribution in [0.2, 0.25) is 5.02 Å². The van der Waals surface area contributed by atoms with E-state index in [-0.39, 0.29) is 104 Å². The molecule has 0 aliphatic carbocycles. The second-order valence-electron chi connectivity index (χ2n) is 29.0. The Bertz CT molecular complexity index is 4840. The van der Waals surface area contributed by atoms with Gasteiger partial charge in [0.25, 0.3) is 35.2 Å². The molecule has 5 saturated heterocycles. The molecule has 6 heterocycles. The molecule has 1 aromatic heterocycles. The largest absolute Gasteiger partial charge is 0.508 e. The lowest BCUT2D eigenvalue weighted by atomic mass is 9.97. The van der Waals surface area contributed by atoms with E-state index in [1.807, 2.05) is 119 Å². The fourth-order valence-electron chi connectivity index (χ4n) is 12.0. The second kappa shape index (κ2) is 42.5. The molecular weight excluding hydrogens is 1540 g/mol. The molecule has 5 atom stereocenters. The molecule has 0 spiro atoms. The predicted molar refractivity (Wildman–Crippen MR) is 438 cm³/mol. The van der Waals surface area contributed by atoms with E-state index >= 15 is 0 Å². The van der Waals surface area contributed by atoms with E-state index in [4.69, 9.17) is 44.4 Å². The molecule has 0 saturated carbocycles. The van der Waals surface area contributed by atoms with E-state index in [2.05, 4.69) is 0 Å². The number of nitro benzene ring substituents is 1. The van der Waals surface area contributed by atoms with Crippen molar-refractivity contribution in [1.82, 2.24) is 24.5 Å². The Hall–Kier alpha value is -13.8. The van der Waals surface area contributed by atoms with Gasteiger partial charge < -0.3 is 37.9 Å². The van der Waals surface area contributed by atoms with Crippen LogP contribution in [-0.2, 0) is 71.7 Å². The minimum atomic E-state index is -0.642. The number of benzene rings is 7. The standard InChI is InChI=1S/C20H25NO5.C19H16ClNO3.C19H17NO4.C17H15NO4.C15H16N2O5/c1-13(2)16-12-25-19(24)21(16)17(22)11-8-14-6-9-15(10-7-14)26-18(23)20(3,4)5;20-16-9-6-14(7-10-16)8-11-18(22)21-17(13-24-19(21)23)12-15-4-2-1-3-5-15;21-17-9-6-14(7-10-17)8-11-18(22)20-16(13-24-19(20)23)12-15-4-2-1-3-5-15;19-16(7-6-14-8-9-21-11-14)18-15(12-22-17(18)20)10-13-4-2-1-3-5-13;1-10(2)13-9-22-15(19)16(13)14(18)8-5-11-3-6-12(7-4-11)17(20)21/h6-11,13,16H,12H2,1-5H3;1-11,17H,12-13H2;1-11,16,21H,12-13H2;1-9,11,15H,10,12H2;3-8,10,13H,9H2,1-2H3/b3*11-8+;7-6+;8-5+/t16-;17-;16-;15-;13-/m10001/s1. The van der Waals surface area contributed by atoms with Crippen molar-refractivity contribution < 1.29 is 95.6 Å². The number of phenolic OH excluding ortho intramolecular Hbond substituents is 1. The van der Waals surface area contributed by atoms with E-state index in [1.165, 1.54) is 95.2 Å². The molecular formula is C90H89ClN6O21. The third-order valence-corrected chi connectivity index (χ3v) is 18.8. The third kappa shape index (κ3) is 25.8. The topological polar surface area (TPSA) is 336 Å². The molecule has 7 aromatic carbocycles. The average molecular weight is 1630 g/mol. The number of nitrogens with zero attached hydrogens (tertiary/aromatic N) is 6. The van der Waals surface area contributed by atoms with Crippen molar-refractivity contribution in [1.29, 1.82) is 0 Å². The molecule has 27 nitrogen and oxygen atoms in total. The highest BCUT2D eigenvalue weighted by Gasteiger charge is 2.42. The molecule has 13 rings (SSSR count). The molecule has 0 bridgehead atoms. The zero-order valence-electron chi connectivity index (χ0n) is 65.8. The first-order valence-corrected chi connectivity index (χ1v) is 38.0. The second-order valence-corrected chi connectivity index (χ2v) is 29.4. The SMILES string of the molecule is CC(C)[C@H]1COC(=O)N1C(=O)/C=C/c1ccc(OC(=O)C(C)(C)C)cc1.CC(C)[C@H]1COC(=O)N1C(=O)/C=C/c1ccc([N+](=O)[O-])cc1.O=C(/C=C/c1ccc(Cl)cc1)N1C(=O)OC[C@@H]1Cc1ccccc1.O=C(/C=C/c1ccc(O)cc1)N1C(=O)OC[C@@H]1Cc1ccccc1.O=C(/C=C/c1ccoc1)N1C(=O)OC[C@@H]1Cc1ccccc1. The number of carbonyl (C=O) groups is 11. The zero-order chi connectivity index (χ0) is 85.0. The van der Waals surface area contributed by atoms with E-state index in [0.29, 0.717) is 35.6 Å². The van der Waals surface area contributed by atoms with E-state index in [0.717, 1.165) is 53.6 Å². The van der Waals surface area contributed by atoms with Gasteiger partial charge in [-0.25, -0.2) is 48.5 Å². The van der Waals surface area contributed by atoms with Gasteiger partial charge in [-0.05, 0) is 176 Å². The number of furan rings is 1. The number of imide groups is 5. The van der Waals surface area contributed by atoms with Crippen LogP contribution < -0.4 is 4.74 Å². The Balaban J connectivity index is 0.000000168. The number of nitro groups is 1. The number of amides is 10. The first-order chi connectivity index (χ1) is 56.5. The first kappa shape index (κ1) is 88.1. The van der Waals surface area contributed by atoms with Gasteiger partial charge in [-0.3, -0.25) is 38.9 Å². The minimum absolute atomic E-state index is 0.0218. The van der Waals surface area contributed by atoms with Crippen LogP contribution in [0.5, 0.6) is 11.5 Å². The Kier molecular flexibility index (Phi) is 31.8. The predicted octanol–water partition coefficient (Wildman–Crippen LogP) is 16.1. The number of cyclic esters (lactones) is 5. The number of esters is 1. The van der Waals surface area contributed by atoms with Crippen LogP contribution in [0.25, 0.3) is 30.4 Å². The summed E-state index contributed by atoms with van der Waals surface area (Å²) in [6.45, 7) is 14.1. The number of ether oxygens (including phenoxy) is 6. The maximum absolute atomic E-state index is 12.4. The number of rotatable bonds is 20. The summed E-state index contributed by atoms with van der Waals surface area (Å²) in [4.78, 5) is 148. The molecule has 612 valence electrons. The van der Waals surface area contributed by atoms with Crippen LogP contribution in [0.1, 0.15) is 93.0 Å². The number of hydrogen-bond donors (Lipinski definition) is 1. The van der Waals surface area contributed by atoms with Gasteiger partial charge in [0.15, 0.2) is 0 Å². The number of halogens is 1. The van der Waals surface area contributed by atoms with Crippen LogP contribution >= 0.6 is 11.6 Å². The van der Waals surface area contributed by atoms with Crippen molar-refractivity contribution in [2.45, 2.75) is 97.9 Å². The summed E-state index contributed by atoms with van der Waals surface area (Å²) in [5.41, 5.74) is 6.29. The van der Waals surface area contributed by atoms with Crippen molar-refractivity contribution in [2.75, 3.05) is 33.0 Å². The Morgan fingerprint density at radius 1 is 0.441 bits per heavy atom. The summed E-state index contributed by atoms with van der Waals surface area (Å²) in [6.07, 6.45) is 16.4. The van der Waals surface area contributed by atoms with Gasteiger partial charge in [-0.1, -0.05) is 167 Å². The lowest BCUT2D eigenvalue weighted by Gasteiger charge is -2.21. The molecule has 10 amide bonds. The molecule has 118 heavy (non-hydrogen) atoms. The van der Waals surface area contributed by atoms with Crippen LogP contribution in [0.3, 0.4) is 0 Å². The highest BCUT2D eigenvalue weighted by atomic mass is 35.5. The van der Waals surface area contributed by atoms with Gasteiger partial charge in [0.2, 0.25) is 0 Å². The molecule has 5 aliphatic heterocycles. The van der Waals surface area contributed by atoms with Crippen molar-refractivity contribution in [3.05, 3.63) is 297 Å². The lowest BCUT2D eigenvalue weighted by molar-refractivity contribution is -0.384. The summed E-state index contributed by atoms with van der Waals surface area (Å²) in [6, 6.07) is 55.5. The smallest absolute Gasteiger partial charge is 0.417 e. The highest BCUT2D eigenvalue weighted by molar-refractivity contribution is 6.30. The Morgan fingerprint density at radius 2 is 0.746 bits per heavy atom. The third-order valence-electron chi connectivity index (χ3n) is 18.6. The monoisotopic (exact) mass is 1620 g/mol. The van der Waals surface area contributed by atoms with Crippen molar-refractivity contribution in [2.24, 2.45) is 17.3 Å². The quantitative estimate of drug-likeness (QED) is 0.0185. The molecule has 1 N–H and O–H groups in total. The van der Waals surface area contributed by atoms with Crippen molar-refractivity contribution in [3.63, 3.8) is 0 Å². The first-order valence-electron chi connectivity index (χ1n) is 37.7. The number of aromatic hydroxyl groups is 1. The van der Waals surface area contributed by atoms with Gasteiger partial charge in [0.1, 0.15) is 44.5 Å². The van der Waals surface area contributed by atoms with E-state index in [1.54, 1.807) is 112 Å². The molecule has 5 fully saturated rings. The van der Waals surface area contributed by atoms with Crippen LogP contribution in [0.4, 0.5) is 29.7 Å². The van der Waals surface area contributed by atoms with Gasteiger partial charge >= 0.3 is 36.4 Å². The summed E-state index contributed by atoms with van der Waals surface area (Å²) in [5, 5.41) is 20.4. The van der Waals surface area contributed by atoms with Crippen molar-refractivity contribution in [3.8, 4) is 11.5 Å². The summed E-state index contributed by atoms with van der Waals surface area (Å²) in [5.74, 6) is -1.54. The van der Waals surface area contributed by atoms with Crippen LogP contribution in [0, 0.1) is 27.4 Å². The van der Waals surface area contributed by atoms with Crippen molar-refractivity contribution >= 4 is 114 Å². The van der Waals surface area contributed by atoms with Gasteiger partial charge in [-0.15, -0.1) is 0 Å².